The fourth-order valence-electron chi connectivity index (χ4n) is 2.05. The molecule has 1 aliphatic heterocycles. The van der Waals surface area contributed by atoms with Gasteiger partial charge >= 0.3 is 0 Å². The molecule has 0 fully saturated rings. The summed E-state index contributed by atoms with van der Waals surface area (Å²) >= 11 is 6.01. The number of amides is 1. The number of halogens is 4. The third-order valence-corrected chi connectivity index (χ3v) is 3.43. The van der Waals surface area contributed by atoms with Crippen molar-refractivity contribution in [3.05, 3.63) is 58.4 Å². The van der Waals surface area contributed by atoms with Crippen molar-refractivity contribution >= 4 is 29.3 Å². The normalized spacial score (nSPS) is 12.7. The van der Waals surface area contributed by atoms with E-state index in [1.165, 1.54) is 6.08 Å². The van der Waals surface area contributed by atoms with Gasteiger partial charge in [0.25, 0.3) is 0 Å². The largest absolute Gasteiger partial charge is 0.454 e. The molecular weight excluding hydrogens is 347 g/mol. The summed E-state index contributed by atoms with van der Waals surface area (Å²) in [5, 5.41) is 2.44. The van der Waals surface area contributed by atoms with E-state index in [0.717, 1.165) is 6.08 Å². The number of ether oxygens (including phenoxy) is 2. The number of carbonyl (C=O) groups is 1. The lowest BCUT2D eigenvalue weighted by Gasteiger charge is -2.05. The van der Waals surface area contributed by atoms with E-state index < -0.39 is 29.0 Å². The summed E-state index contributed by atoms with van der Waals surface area (Å²) in [4.78, 5) is 11.8. The van der Waals surface area contributed by atoms with Gasteiger partial charge in [0.2, 0.25) is 12.7 Å². The van der Waals surface area contributed by atoms with Crippen molar-refractivity contribution in [3.8, 4) is 11.5 Å². The average molecular weight is 356 g/mol. The van der Waals surface area contributed by atoms with Crippen LogP contribution in [0.5, 0.6) is 11.5 Å². The van der Waals surface area contributed by atoms with Crippen LogP contribution in [0.15, 0.2) is 30.3 Å². The first-order valence-electron chi connectivity index (χ1n) is 6.67. The number of fused-ring (bicyclic) bond motifs is 1. The van der Waals surface area contributed by atoms with E-state index in [4.69, 9.17) is 21.1 Å². The molecule has 8 heteroatoms. The summed E-state index contributed by atoms with van der Waals surface area (Å²) in [5.41, 5.74) is 0.0810. The molecule has 1 heterocycles. The maximum Gasteiger partial charge on any atom is 0.248 e. The zero-order valence-electron chi connectivity index (χ0n) is 11.9. The van der Waals surface area contributed by atoms with Crippen molar-refractivity contribution in [1.82, 2.24) is 0 Å². The molecule has 0 atom stereocenters. The Morgan fingerprint density at radius 3 is 2.62 bits per heavy atom. The number of hydrogen-bond acceptors (Lipinski definition) is 3. The monoisotopic (exact) mass is 355 g/mol. The zero-order valence-corrected chi connectivity index (χ0v) is 12.7. The summed E-state index contributed by atoms with van der Waals surface area (Å²) in [6, 6.07) is 4.08. The molecule has 4 nitrogen and oxygen atoms in total. The Morgan fingerprint density at radius 1 is 1.08 bits per heavy atom. The topological polar surface area (TPSA) is 47.6 Å². The lowest BCUT2D eigenvalue weighted by atomic mass is 10.2. The average Bonchev–Trinajstić information content (AvgIpc) is 3.00. The fourth-order valence-corrected chi connectivity index (χ4v) is 2.32. The molecule has 3 rings (SSSR count). The third kappa shape index (κ3) is 3.30. The van der Waals surface area contributed by atoms with Crippen molar-refractivity contribution in [2.45, 2.75) is 0 Å². The van der Waals surface area contributed by atoms with E-state index >= 15 is 0 Å². The van der Waals surface area contributed by atoms with E-state index in [1.807, 2.05) is 0 Å². The van der Waals surface area contributed by atoms with Gasteiger partial charge in [0, 0.05) is 18.2 Å². The van der Waals surface area contributed by atoms with Gasteiger partial charge in [-0.15, -0.1) is 0 Å². The van der Waals surface area contributed by atoms with E-state index in [2.05, 4.69) is 5.32 Å². The molecule has 0 saturated heterocycles. The molecule has 124 valence electrons. The highest BCUT2D eigenvalue weighted by molar-refractivity contribution is 6.32. The standard InChI is InChI=1S/C16H9ClF3NO3/c17-9-3-8(4-14-16(9)24-7-23-14)1-2-15(22)21-13-6-11(19)10(18)5-12(13)20/h1-6H,7H2,(H,21,22)/b2-1+. The smallest absolute Gasteiger partial charge is 0.248 e. The first-order valence-corrected chi connectivity index (χ1v) is 7.04. The second-order valence-electron chi connectivity index (χ2n) is 4.81. The van der Waals surface area contributed by atoms with Crippen LogP contribution in [0.3, 0.4) is 0 Å². The third-order valence-electron chi connectivity index (χ3n) is 3.14. The number of benzene rings is 2. The Morgan fingerprint density at radius 2 is 1.83 bits per heavy atom. The van der Waals surface area contributed by atoms with Crippen molar-refractivity contribution < 1.29 is 27.4 Å². The van der Waals surface area contributed by atoms with E-state index in [1.54, 1.807) is 12.1 Å². The molecule has 24 heavy (non-hydrogen) atoms. The summed E-state index contributed by atoms with van der Waals surface area (Å²) in [6.45, 7) is 0.0537. The zero-order chi connectivity index (χ0) is 17.3. The highest BCUT2D eigenvalue weighted by Gasteiger charge is 2.17. The molecule has 0 unspecified atom stereocenters. The van der Waals surface area contributed by atoms with Crippen molar-refractivity contribution in [1.29, 1.82) is 0 Å². The molecule has 0 radical (unpaired) electrons. The molecule has 0 saturated carbocycles. The maximum atomic E-state index is 13.5. The predicted molar refractivity (Wildman–Crippen MR) is 81.6 cm³/mol. The highest BCUT2D eigenvalue weighted by Crippen LogP contribution is 2.40. The second kappa shape index (κ2) is 6.45. The van der Waals surface area contributed by atoms with E-state index in [0.29, 0.717) is 34.2 Å². The minimum atomic E-state index is -1.34. The van der Waals surface area contributed by atoms with Gasteiger partial charge in [0.15, 0.2) is 23.1 Å². The molecular formula is C16H9ClF3NO3. The van der Waals surface area contributed by atoms with Crippen LogP contribution in [-0.2, 0) is 4.79 Å². The number of carbonyl (C=O) groups excluding carboxylic acids is 1. The summed E-state index contributed by atoms with van der Waals surface area (Å²) < 4.78 is 49.7. The highest BCUT2D eigenvalue weighted by atomic mass is 35.5. The Bertz CT molecular complexity index is 855. The number of rotatable bonds is 3. The fraction of sp³-hybridized carbons (Fsp3) is 0.0625. The van der Waals surface area contributed by atoms with Gasteiger partial charge < -0.3 is 14.8 Å². The molecule has 2 aromatic carbocycles. The van der Waals surface area contributed by atoms with Crippen molar-refractivity contribution in [2.24, 2.45) is 0 Å². The molecule has 2 aromatic rings. The quantitative estimate of drug-likeness (QED) is 0.665. The van der Waals surface area contributed by atoms with Gasteiger partial charge in [-0.3, -0.25) is 4.79 Å². The Labute approximate surface area is 139 Å². The molecule has 0 aliphatic carbocycles. The van der Waals surface area contributed by atoms with Crippen LogP contribution in [0.25, 0.3) is 6.08 Å². The van der Waals surface area contributed by atoms with Gasteiger partial charge in [-0.1, -0.05) is 11.6 Å². The molecule has 1 amide bonds. The summed E-state index contributed by atoms with van der Waals surface area (Å²) in [5.74, 6) is -3.55. The van der Waals surface area contributed by atoms with Gasteiger partial charge in [-0.25, -0.2) is 13.2 Å². The van der Waals surface area contributed by atoms with Crippen molar-refractivity contribution in [2.75, 3.05) is 12.1 Å². The molecule has 1 N–H and O–H groups in total. The first-order chi connectivity index (χ1) is 11.4. The van der Waals surface area contributed by atoms with Gasteiger partial charge in [-0.05, 0) is 23.8 Å². The maximum absolute atomic E-state index is 13.5. The number of nitrogens with one attached hydrogen (secondary N) is 1. The first kappa shape index (κ1) is 16.2. The Hall–Kier alpha value is -2.67. The SMILES string of the molecule is O=C(/C=C/c1cc(Cl)c2c(c1)OCO2)Nc1cc(F)c(F)cc1F. The van der Waals surface area contributed by atoms with Gasteiger partial charge in [0.1, 0.15) is 5.82 Å². The minimum absolute atomic E-state index is 0.0537. The molecule has 0 spiro atoms. The van der Waals surface area contributed by atoms with Crippen LogP contribution in [0.1, 0.15) is 5.56 Å². The summed E-state index contributed by atoms with van der Waals surface area (Å²) in [7, 11) is 0. The molecule has 0 bridgehead atoms. The molecule has 1 aliphatic rings. The van der Waals surface area contributed by atoms with Crippen LogP contribution in [-0.4, -0.2) is 12.7 Å². The van der Waals surface area contributed by atoms with Gasteiger partial charge in [-0.2, -0.15) is 0 Å². The Kier molecular flexibility index (Phi) is 4.35. The summed E-state index contributed by atoms with van der Waals surface area (Å²) in [6.07, 6.45) is 2.50. The lowest BCUT2D eigenvalue weighted by Crippen LogP contribution is -2.10. The minimum Gasteiger partial charge on any atom is -0.454 e. The van der Waals surface area contributed by atoms with Gasteiger partial charge in [0.05, 0.1) is 10.7 Å². The number of anilines is 1. The predicted octanol–water partition coefficient (Wildman–Crippen LogP) is 4.14. The van der Waals surface area contributed by atoms with Crippen molar-refractivity contribution in [3.63, 3.8) is 0 Å². The van der Waals surface area contributed by atoms with Crippen LogP contribution in [0.4, 0.5) is 18.9 Å². The number of hydrogen-bond donors (Lipinski definition) is 1. The lowest BCUT2D eigenvalue weighted by molar-refractivity contribution is -0.111. The van der Waals surface area contributed by atoms with Crippen LogP contribution >= 0.6 is 11.6 Å². The molecule has 0 aromatic heterocycles. The van der Waals surface area contributed by atoms with E-state index in [-0.39, 0.29) is 6.79 Å². The van der Waals surface area contributed by atoms with E-state index in [9.17, 15) is 18.0 Å². The van der Waals surface area contributed by atoms with Crippen LogP contribution < -0.4 is 14.8 Å². The Balaban J connectivity index is 1.75. The van der Waals surface area contributed by atoms with Crippen LogP contribution in [0.2, 0.25) is 5.02 Å². The van der Waals surface area contributed by atoms with Crippen LogP contribution in [0, 0.1) is 17.5 Å². The second-order valence-corrected chi connectivity index (χ2v) is 5.21.